The van der Waals surface area contributed by atoms with Crippen LogP contribution in [0.1, 0.15) is 17.2 Å². The lowest BCUT2D eigenvalue weighted by Crippen LogP contribution is -2.14. The van der Waals surface area contributed by atoms with Crippen LogP contribution < -0.4 is 0 Å². The zero-order chi connectivity index (χ0) is 17.6. The van der Waals surface area contributed by atoms with E-state index in [9.17, 15) is 5.11 Å². The third-order valence-corrected chi connectivity index (χ3v) is 4.37. The summed E-state index contributed by atoms with van der Waals surface area (Å²) in [6.45, 7) is 1.81. The van der Waals surface area contributed by atoms with Gasteiger partial charge in [0.15, 0.2) is 5.82 Å². The van der Waals surface area contributed by atoms with Crippen molar-refractivity contribution in [2.75, 3.05) is 0 Å². The number of phenols is 1. The maximum atomic E-state index is 9.58. The van der Waals surface area contributed by atoms with Gasteiger partial charge in [0.25, 0.3) is 0 Å². The van der Waals surface area contributed by atoms with Crippen LogP contribution >= 0.6 is 23.2 Å². The van der Waals surface area contributed by atoms with Crippen LogP contribution in [-0.2, 0) is 0 Å². The molecule has 2 aromatic carbocycles. The molecule has 124 valence electrons. The molecule has 0 unspecified atom stereocenters. The highest BCUT2D eigenvalue weighted by atomic mass is 35.5. The number of hydrogen-bond acceptors (Lipinski definition) is 5. The van der Waals surface area contributed by atoms with Crippen molar-refractivity contribution in [3.05, 3.63) is 69.7 Å². The highest BCUT2D eigenvalue weighted by molar-refractivity contribution is 6.56. The van der Waals surface area contributed by atoms with Crippen LogP contribution in [0.5, 0.6) is 5.75 Å². The van der Waals surface area contributed by atoms with Gasteiger partial charge in [-0.2, -0.15) is 9.78 Å². The molecule has 0 atom stereocenters. The predicted octanol–water partition coefficient (Wildman–Crippen LogP) is 3.99. The topological polar surface area (TPSA) is 75.7 Å². The summed E-state index contributed by atoms with van der Waals surface area (Å²) in [6.07, 6.45) is 0. The Morgan fingerprint density at radius 2 is 1.84 bits per heavy atom. The van der Waals surface area contributed by atoms with Gasteiger partial charge in [0.2, 0.25) is 5.82 Å². The highest BCUT2D eigenvalue weighted by Gasteiger charge is 2.29. The second kappa shape index (κ2) is 5.98. The number of phenolic OH excluding ortho intramolecular Hbond substituents is 1. The number of nitrogens with zero attached hydrogens (tertiary/aromatic N) is 5. The number of aliphatic imine (C=N–C) groups is 1. The number of aryl methyl sites for hydroxylation is 1. The van der Waals surface area contributed by atoms with Gasteiger partial charge < -0.3 is 5.11 Å². The first-order valence-corrected chi connectivity index (χ1v) is 8.14. The van der Waals surface area contributed by atoms with Crippen molar-refractivity contribution in [3.63, 3.8) is 0 Å². The summed E-state index contributed by atoms with van der Waals surface area (Å²) in [4.78, 5) is 4.62. The molecule has 1 N–H and O–H groups in total. The second-order valence-electron chi connectivity index (χ2n) is 5.41. The monoisotopic (exact) mass is 371 g/mol. The predicted molar refractivity (Wildman–Crippen MR) is 97.5 cm³/mol. The van der Waals surface area contributed by atoms with Crippen molar-refractivity contribution >= 4 is 40.3 Å². The molecular formula is C17H11Cl2N5O. The van der Waals surface area contributed by atoms with Crippen LogP contribution in [0, 0.1) is 6.92 Å². The number of hydrogen-bond donors (Lipinski definition) is 1. The molecule has 8 heteroatoms. The molecule has 0 amide bonds. The van der Waals surface area contributed by atoms with E-state index >= 15 is 0 Å². The zero-order valence-electron chi connectivity index (χ0n) is 13.0. The zero-order valence-corrected chi connectivity index (χ0v) is 14.5. The lowest BCUT2D eigenvalue weighted by atomic mass is 10.1. The van der Waals surface area contributed by atoms with E-state index in [0.29, 0.717) is 33.8 Å². The quantitative estimate of drug-likeness (QED) is 0.739. The van der Waals surface area contributed by atoms with Crippen molar-refractivity contribution < 1.29 is 5.11 Å². The average molecular weight is 372 g/mol. The van der Waals surface area contributed by atoms with Gasteiger partial charge >= 0.3 is 0 Å². The molecule has 0 aliphatic carbocycles. The number of rotatable bonds is 2. The summed E-state index contributed by atoms with van der Waals surface area (Å²) in [5.74, 6) is 1.17. The van der Waals surface area contributed by atoms with Gasteiger partial charge in [-0.1, -0.05) is 41.4 Å². The Balaban J connectivity index is 1.91. The Hall–Kier alpha value is -2.70. The first-order valence-electron chi connectivity index (χ1n) is 7.38. The van der Waals surface area contributed by atoms with Crippen molar-refractivity contribution in [2.24, 2.45) is 10.1 Å². The van der Waals surface area contributed by atoms with E-state index in [4.69, 9.17) is 23.2 Å². The molecule has 0 fully saturated rings. The van der Waals surface area contributed by atoms with Gasteiger partial charge in [-0.25, -0.2) is 4.99 Å². The van der Waals surface area contributed by atoms with Gasteiger partial charge in [-0.3, -0.25) is 0 Å². The molecule has 3 aromatic rings. The number of halogens is 2. The van der Waals surface area contributed by atoms with E-state index in [2.05, 4.69) is 20.3 Å². The molecule has 0 saturated heterocycles. The Morgan fingerprint density at radius 1 is 1.04 bits per heavy atom. The molecule has 4 rings (SSSR count). The Morgan fingerprint density at radius 3 is 2.60 bits per heavy atom. The van der Waals surface area contributed by atoms with Crippen LogP contribution in [0.25, 0.3) is 0 Å². The molecule has 25 heavy (non-hydrogen) atoms. The summed E-state index contributed by atoms with van der Waals surface area (Å²) in [7, 11) is 0. The maximum absolute atomic E-state index is 9.58. The normalized spacial score (nSPS) is 14.7. The van der Waals surface area contributed by atoms with E-state index in [1.54, 1.807) is 22.9 Å². The van der Waals surface area contributed by atoms with Crippen LogP contribution in [0.15, 0.2) is 52.6 Å². The molecule has 1 aromatic heterocycles. The van der Waals surface area contributed by atoms with E-state index in [1.807, 2.05) is 25.1 Å². The molecule has 0 saturated carbocycles. The average Bonchev–Trinajstić information content (AvgIpc) is 3.12. The SMILES string of the molecule is Cc1nnc2n1N=C(c1ccccc1Cl)C2=Nc1ccc(O)c(Cl)c1. The number of aromatic hydroxyl groups is 1. The first kappa shape index (κ1) is 15.8. The Kier molecular flexibility index (Phi) is 3.78. The summed E-state index contributed by atoms with van der Waals surface area (Å²) in [6, 6.07) is 12.1. The number of benzene rings is 2. The lowest BCUT2D eigenvalue weighted by molar-refractivity contribution is 0.475. The molecule has 2 heterocycles. The van der Waals surface area contributed by atoms with E-state index in [-0.39, 0.29) is 10.8 Å². The van der Waals surface area contributed by atoms with E-state index in [1.165, 1.54) is 6.07 Å². The van der Waals surface area contributed by atoms with Crippen molar-refractivity contribution in [3.8, 4) is 5.75 Å². The maximum Gasteiger partial charge on any atom is 0.205 e. The minimum atomic E-state index is -0.00366. The second-order valence-corrected chi connectivity index (χ2v) is 6.22. The summed E-state index contributed by atoms with van der Waals surface area (Å²) in [5, 5.41) is 23.1. The smallest absolute Gasteiger partial charge is 0.205 e. The van der Waals surface area contributed by atoms with Crippen LogP contribution in [0.3, 0.4) is 0 Å². The molecule has 1 aliphatic rings. The van der Waals surface area contributed by atoms with Gasteiger partial charge in [-0.05, 0) is 31.2 Å². The fourth-order valence-electron chi connectivity index (χ4n) is 2.51. The number of aromatic nitrogens is 3. The molecule has 6 nitrogen and oxygen atoms in total. The highest BCUT2D eigenvalue weighted by Crippen LogP contribution is 2.30. The van der Waals surface area contributed by atoms with Crippen LogP contribution in [-0.4, -0.2) is 31.4 Å². The number of fused-ring (bicyclic) bond motifs is 1. The summed E-state index contributed by atoms with van der Waals surface area (Å²) in [5.41, 5.74) is 2.45. The fraction of sp³-hybridized carbons (Fsp3) is 0.0588. The summed E-state index contributed by atoms with van der Waals surface area (Å²) < 4.78 is 1.62. The standard InChI is InChI=1S/C17H11Cl2N5O/c1-9-21-22-17-16(20-10-6-7-14(25)13(19)8-10)15(23-24(9)17)11-4-2-3-5-12(11)18/h2-8,25H,1H3. The van der Waals surface area contributed by atoms with Crippen molar-refractivity contribution in [1.82, 2.24) is 14.9 Å². The first-order chi connectivity index (χ1) is 12.0. The lowest BCUT2D eigenvalue weighted by Gasteiger charge is -2.05. The minimum Gasteiger partial charge on any atom is -0.506 e. The Labute approximate surface area is 153 Å². The third kappa shape index (κ3) is 2.69. The van der Waals surface area contributed by atoms with E-state index < -0.39 is 0 Å². The third-order valence-electron chi connectivity index (χ3n) is 3.73. The Bertz CT molecular complexity index is 1050. The summed E-state index contributed by atoms with van der Waals surface area (Å²) >= 11 is 12.3. The molecule has 0 bridgehead atoms. The van der Waals surface area contributed by atoms with E-state index in [0.717, 1.165) is 5.56 Å². The molecule has 0 radical (unpaired) electrons. The largest absolute Gasteiger partial charge is 0.506 e. The molecule has 0 spiro atoms. The molecular weight excluding hydrogens is 361 g/mol. The molecule has 1 aliphatic heterocycles. The van der Waals surface area contributed by atoms with Gasteiger partial charge in [0, 0.05) is 5.56 Å². The fourth-order valence-corrected chi connectivity index (χ4v) is 2.91. The van der Waals surface area contributed by atoms with Gasteiger partial charge in [-0.15, -0.1) is 10.2 Å². The van der Waals surface area contributed by atoms with Gasteiger partial charge in [0.1, 0.15) is 17.2 Å². The van der Waals surface area contributed by atoms with Crippen LogP contribution in [0.2, 0.25) is 10.0 Å². The van der Waals surface area contributed by atoms with Gasteiger partial charge in [0.05, 0.1) is 15.7 Å². The van der Waals surface area contributed by atoms with Crippen LogP contribution in [0.4, 0.5) is 5.69 Å². The van der Waals surface area contributed by atoms with Crippen molar-refractivity contribution in [1.29, 1.82) is 0 Å². The minimum absolute atomic E-state index is 0.00366. The van der Waals surface area contributed by atoms with Crippen molar-refractivity contribution in [2.45, 2.75) is 6.92 Å².